The van der Waals surface area contributed by atoms with Crippen LogP contribution in [-0.2, 0) is 16.1 Å². The highest BCUT2D eigenvalue weighted by Gasteiger charge is 2.21. The quantitative estimate of drug-likeness (QED) is 0.865. The standard InChI is InChI=1S/C16H21N3O3/c1-12(20)22-11-10-18-14-4-2-3-5-15(14)19(16(18)21)13-6-8-17-9-7-13/h2-5,13,17H,6-11H2,1H3. The van der Waals surface area contributed by atoms with Crippen LogP contribution >= 0.6 is 0 Å². The van der Waals surface area contributed by atoms with E-state index in [1.807, 2.05) is 28.8 Å². The molecule has 1 aromatic heterocycles. The molecule has 0 amide bonds. The van der Waals surface area contributed by atoms with E-state index >= 15 is 0 Å². The number of carbonyl (C=O) groups is 1. The Morgan fingerprint density at radius 2 is 1.95 bits per heavy atom. The molecular formula is C16H21N3O3. The number of benzene rings is 1. The molecule has 1 N–H and O–H groups in total. The predicted molar refractivity (Wildman–Crippen MR) is 84.0 cm³/mol. The van der Waals surface area contributed by atoms with Crippen molar-refractivity contribution in [1.82, 2.24) is 14.5 Å². The molecule has 0 spiro atoms. The largest absolute Gasteiger partial charge is 0.464 e. The van der Waals surface area contributed by atoms with Gasteiger partial charge in [-0.15, -0.1) is 0 Å². The van der Waals surface area contributed by atoms with Crippen molar-refractivity contribution in [2.24, 2.45) is 0 Å². The molecule has 22 heavy (non-hydrogen) atoms. The minimum Gasteiger partial charge on any atom is -0.464 e. The SMILES string of the molecule is CC(=O)OCCn1c(=O)n(C2CCNCC2)c2ccccc21. The normalized spacial score (nSPS) is 16.0. The number of imidazole rings is 1. The van der Waals surface area contributed by atoms with Gasteiger partial charge in [0.2, 0.25) is 0 Å². The number of rotatable bonds is 4. The molecule has 3 rings (SSSR count). The molecule has 1 aliphatic rings. The van der Waals surface area contributed by atoms with Gasteiger partial charge in [-0.25, -0.2) is 4.79 Å². The van der Waals surface area contributed by atoms with Gasteiger partial charge in [-0.2, -0.15) is 0 Å². The maximum Gasteiger partial charge on any atom is 0.329 e. The zero-order chi connectivity index (χ0) is 15.5. The summed E-state index contributed by atoms with van der Waals surface area (Å²) >= 11 is 0. The van der Waals surface area contributed by atoms with Gasteiger partial charge in [0, 0.05) is 13.0 Å². The van der Waals surface area contributed by atoms with E-state index in [1.54, 1.807) is 4.57 Å². The summed E-state index contributed by atoms with van der Waals surface area (Å²) in [4.78, 5) is 23.7. The lowest BCUT2D eigenvalue weighted by atomic mass is 10.1. The van der Waals surface area contributed by atoms with Crippen LogP contribution in [-0.4, -0.2) is 34.8 Å². The van der Waals surface area contributed by atoms with Crippen molar-refractivity contribution in [3.05, 3.63) is 34.7 Å². The first-order valence-electron chi connectivity index (χ1n) is 7.72. The van der Waals surface area contributed by atoms with E-state index in [-0.39, 0.29) is 24.3 Å². The summed E-state index contributed by atoms with van der Waals surface area (Å²) in [6.45, 7) is 3.85. The first-order valence-corrected chi connectivity index (χ1v) is 7.72. The molecule has 0 saturated carbocycles. The molecule has 1 aromatic carbocycles. The lowest BCUT2D eigenvalue weighted by Crippen LogP contribution is -2.35. The Labute approximate surface area is 128 Å². The van der Waals surface area contributed by atoms with Gasteiger partial charge in [0.25, 0.3) is 0 Å². The average molecular weight is 303 g/mol. The second kappa shape index (κ2) is 6.36. The number of aromatic nitrogens is 2. The highest BCUT2D eigenvalue weighted by atomic mass is 16.5. The third-order valence-corrected chi connectivity index (χ3v) is 4.16. The predicted octanol–water partition coefficient (Wildman–Crippen LogP) is 1.29. The number of para-hydroxylation sites is 2. The zero-order valence-electron chi connectivity index (χ0n) is 12.7. The molecule has 0 unspecified atom stereocenters. The minimum absolute atomic E-state index is 0.0137. The Hall–Kier alpha value is -2.08. The first kappa shape index (κ1) is 14.8. The second-order valence-electron chi connectivity index (χ2n) is 5.61. The van der Waals surface area contributed by atoms with Gasteiger partial charge in [0.05, 0.1) is 17.6 Å². The molecule has 1 aliphatic heterocycles. The summed E-state index contributed by atoms with van der Waals surface area (Å²) in [6.07, 6.45) is 1.91. The number of fused-ring (bicyclic) bond motifs is 1. The van der Waals surface area contributed by atoms with Crippen LogP contribution in [0.15, 0.2) is 29.1 Å². The summed E-state index contributed by atoms with van der Waals surface area (Å²) < 4.78 is 8.60. The van der Waals surface area contributed by atoms with E-state index in [2.05, 4.69) is 5.32 Å². The van der Waals surface area contributed by atoms with Crippen molar-refractivity contribution in [2.45, 2.75) is 32.4 Å². The van der Waals surface area contributed by atoms with Crippen LogP contribution in [0.1, 0.15) is 25.8 Å². The van der Waals surface area contributed by atoms with Crippen molar-refractivity contribution in [3.63, 3.8) is 0 Å². The van der Waals surface area contributed by atoms with Crippen LogP contribution in [0.4, 0.5) is 0 Å². The first-order chi connectivity index (χ1) is 10.7. The maximum absolute atomic E-state index is 12.8. The van der Waals surface area contributed by atoms with Gasteiger partial charge < -0.3 is 10.1 Å². The van der Waals surface area contributed by atoms with E-state index in [0.717, 1.165) is 37.0 Å². The van der Waals surface area contributed by atoms with Crippen molar-refractivity contribution in [1.29, 1.82) is 0 Å². The Bertz CT molecular complexity index is 726. The summed E-state index contributed by atoms with van der Waals surface area (Å²) in [7, 11) is 0. The van der Waals surface area contributed by atoms with Crippen molar-refractivity contribution in [3.8, 4) is 0 Å². The van der Waals surface area contributed by atoms with Crippen molar-refractivity contribution in [2.75, 3.05) is 19.7 Å². The van der Waals surface area contributed by atoms with E-state index in [9.17, 15) is 9.59 Å². The van der Waals surface area contributed by atoms with Crippen LogP contribution in [0.25, 0.3) is 11.0 Å². The molecule has 1 fully saturated rings. The number of hydrogen-bond acceptors (Lipinski definition) is 4. The third kappa shape index (κ3) is 2.78. The fourth-order valence-corrected chi connectivity index (χ4v) is 3.15. The number of esters is 1. The molecule has 6 nitrogen and oxygen atoms in total. The summed E-state index contributed by atoms with van der Waals surface area (Å²) in [6, 6.07) is 8.05. The molecule has 0 aliphatic carbocycles. The minimum atomic E-state index is -0.324. The van der Waals surface area contributed by atoms with Gasteiger partial charge in [0.1, 0.15) is 6.61 Å². The highest BCUT2D eigenvalue weighted by Crippen LogP contribution is 2.23. The zero-order valence-corrected chi connectivity index (χ0v) is 12.7. The van der Waals surface area contributed by atoms with Crippen LogP contribution in [0.3, 0.4) is 0 Å². The number of piperidine rings is 1. The molecule has 0 bridgehead atoms. The fraction of sp³-hybridized carbons (Fsp3) is 0.500. The van der Waals surface area contributed by atoms with Crippen LogP contribution < -0.4 is 11.0 Å². The molecule has 0 radical (unpaired) electrons. The average Bonchev–Trinajstić information content (AvgIpc) is 2.80. The Morgan fingerprint density at radius 3 is 2.64 bits per heavy atom. The molecule has 1 saturated heterocycles. The molecule has 2 aromatic rings. The molecule has 6 heteroatoms. The maximum atomic E-state index is 12.8. The number of ether oxygens (including phenoxy) is 1. The lowest BCUT2D eigenvalue weighted by Gasteiger charge is -2.23. The second-order valence-corrected chi connectivity index (χ2v) is 5.61. The lowest BCUT2D eigenvalue weighted by molar-refractivity contribution is -0.141. The smallest absolute Gasteiger partial charge is 0.329 e. The van der Waals surface area contributed by atoms with E-state index in [4.69, 9.17) is 4.74 Å². The van der Waals surface area contributed by atoms with Gasteiger partial charge >= 0.3 is 11.7 Å². The number of nitrogens with one attached hydrogen (secondary N) is 1. The van der Waals surface area contributed by atoms with Gasteiger partial charge in [0.15, 0.2) is 0 Å². The van der Waals surface area contributed by atoms with Crippen LogP contribution in [0, 0.1) is 0 Å². The fourth-order valence-electron chi connectivity index (χ4n) is 3.15. The van der Waals surface area contributed by atoms with Crippen LogP contribution in [0.5, 0.6) is 0 Å². The molecule has 118 valence electrons. The molecule has 0 atom stereocenters. The van der Waals surface area contributed by atoms with Gasteiger partial charge in [-0.05, 0) is 38.1 Å². The highest BCUT2D eigenvalue weighted by molar-refractivity contribution is 5.76. The van der Waals surface area contributed by atoms with Crippen molar-refractivity contribution < 1.29 is 9.53 Å². The van der Waals surface area contributed by atoms with Crippen molar-refractivity contribution >= 4 is 17.0 Å². The molecule has 2 heterocycles. The third-order valence-electron chi connectivity index (χ3n) is 4.16. The van der Waals surface area contributed by atoms with Gasteiger partial charge in [-0.1, -0.05) is 12.1 Å². The van der Waals surface area contributed by atoms with E-state index in [1.165, 1.54) is 6.92 Å². The summed E-state index contributed by atoms with van der Waals surface area (Å²) in [5.41, 5.74) is 1.85. The summed E-state index contributed by atoms with van der Waals surface area (Å²) in [5.74, 6) is -0.324. The Kier molecular flexibility index (Phi) is 4.29. The number of nitrogens with zero attached hydrogens (tertiary/aromatic N) is 2. The topological polar surface area (TPSA) is 65.3 Å². The van der Waals surface area contributed by atoms with Crippen LogP contribution in [0.2, 0.25) is 0 Å². The van der Waals surface area contributed by atoms with E-state index < -0.39 is 0 Å². The number of hydrogen-bond donors (Lipinski definition) is 1. The number of carbonyl (C=O) groups excluding carboxylic acids is 1. The van der Waals surface area contributed by atoms with Gasteiger partial charge in [-0.3, -0.25) is 13.9 Å². The monoisotopic (exact) mass is 303 g/mol. The van der Waals surface area contributed by atoms with E-state index in [0.29, 0.717) is 6.54 Å². The Balaban J connectivity index is 1.99. The summed E-state index contributed by atoms with van der Waals surface area (Å²) in [5, 5.41) is 3.33. The Morgan fingerprint density at radius 1 is 1.27 bits per heavy atom. The molecular weight excluding hydrogens is 282 g/mol.